The molecule has 110 valence electrons. The van der Waals surface area contributed by atoms with Crippen LogP contribution in [0, 0.1) is 0 Å². The molecule has 0 bridgehead atoms. The number of carbonyl (C=O) groups excluding carboxylic acids is 1. The van der Waals surface area contributed by atoms with Gasteiger partial charge in [0, 0.05) is 4.88 Å². The summed E-state index contributed by atoms with van der Waals surface area (Å²) < 4.78 is 0. The molecule has 2 unspecified atom stereocenters. The SMILES string of the molecule is O=C(NC(CO)c1ccccc1)C1SCCc2sccc21. The molecule has 3 nitrogen and oxygen atoms in total. The van der Waals surface area contributed by atoms with Crippen LogP contribution < -0.4 is 5.32 Å². The number of thiophene rings is 1. The Hall–Kier alpha value is -1.30. The van der Waals surface area contributed by atoms with Gasteiger partial charge < -0.3 is 10.4 Å². The molecule has 0 saturated carbocycles. The highest BCUT2D eigenvalue weighted by Crippen LogP contribution is 2.39. The van der Waals surface area contributed by atoms with Gasteiger partial charge in [0.15, 0.2) is 0 Å². The minimum atomic E-state index is -0.344. The van der Waals surface area contributed by atoms with Gasteiger partial charge >= 0.3 is 0 Å². The first-order valence-corrected chi connectivity index (χ1v) is 8.86. The van der Waals surface area contributed by atoms with E-state index in [0.29, 0.717) is 0 Å². The van der Waals surface area contributed by atoms with Crippen molar-refractivity contribution in [2.24, 2.45) is 0 Å². The maximum atomic E-state index is 12.6. The Labute approximate surface area is 132 Å². The molecule has 0 fully saturated rings. The zero-order valence-electron chi connectivity index (χ0n) is 11.5. The standard InChI is InChI=1S/C16H17NO2S2/c18-10-13(11-4-2-1-3-5-11)17-16(19)15-12-6-8-20-14(12)7-9-21-15/h1-6,8,13,15,18H,7,9-10H2,(H,17,19). The smallest absolute Gasteiger partial charge is 0.238 e. The van der Waals surface area contributed by atoms with Crippen molar-refractivity contribution in [1.29, 1.82) is 0 Å². The van der Waals surface area contributed by atoms with Crippen LogP contribution in [-0.4, -0.2) is 23.4 Å². The molecule has 1 aromatic heterocycles. The number of aliphatic hydroxyl groups excluding tert-OH is 1. The van der Waals surface area contributed by atoms with Gasteiger partial charge in [-0.2, -0.15) is 0 Å². The van der Waals surface area contributed by atoms with E-state index in [1.54, 1.807) is 23.1 Å². The summed E-state index contributed by atoms with van der Waals surface area (Å²) in [6, 6.07) is 11.3. The third-order valence-corrected chi connectivity index (χ3v) is 5.85. The fraction of sp³-hybridized carbons (Fsp3) is 0.312. The van der Waals surface area contributed by atoms with Crippen LogP contribution in [0.15, 0.2) is 41.8 Å². The predicted molar refractivity (Wildman–Crippen MR) is 87.6 cm³/mol. The molecule has 2 atom stereocenters. The van der Waals surface area contributed by atoms with Crippen LogP contribution in [-0.2, 0) is 11.2 Å². The molecule has 2 N–H and O–H groups in total. The topological polar surface area (TPSA) is 49.3 Å². The molecular formula is C16H17NO2S2. The number of aliphatic hydroxyl groups is 1. The second-order valence-corrected chi connectivity index (χ2v) is 7.17. The van der Waals surface area contributed by atoms with Gasteiger partial charge in [0.25, 0.3) is 0 Å². The maximum absolute atomic E-state index is 12.6. The Balaban J connectivity index is 1.75. The second-order valence-electron chi connectivity index (χ2n) is 4.95. The summed E-state index contributed by atoms with van der Waals surface area (Å²) in [7, 11) is 0. The van der Waals surface area contributed by atoms with Crippen LogP contribution in [0.1, 0.15) is 27.3 Å². The van der Waals surface area contributed by atoms with Crippen molar-refractivity contribution in [3.8, 4) is 0 Å². The lowest BCUT2D eigenvalue weighted by Gasteiger charge is -2.24. The molecular weight excluding hydrogens is 302 g/mol. The number of nitrogens with one attached hydrogen (secondary N) is 1. The molecule has 21 heavy (non-hydrogen) atoms. The highest BCUT2D eigenvalue weighted by Gasteiger charge is 2.29. The van der Waals surface area contributed by atoms with E-state index in [2.05, 4.69) is 10.7 Å². The van der Waals surface area contributed by atoms with Crippen LogP contribution in [0.2, 0.25) is 0 Å². The van der Waals surface area contributed by atoms with E-state index >= 15 is 0 Å². The third-order valence-electron chi connectivity index (χ3n) is 3.62. The number of hydrogen-bond acceptors (Lipinski definition) is 4. The molecule has 0 radical (unpaired) electrons. The summed E-state index contributed by atoms with van der Waals surface area (Å²) in [4.78, 5) is 13.9. The minimum absolute atomic E-state index is 0.0118. The van der Waals surface area contributed by atoms with Crippen LogP contribution in [0.25, 0.3) is 0 Å². The van der Waals surface area contributed by atoms with Crippen LogP contribution in [0.3, 0.4) is 0 Å². The average Bonchev–Trinajstić information content (AvgIpc) is 3.01. The first-order chi connectivity index (χ1) is 10.3. The summed E-state index contributed by atoms with van der Waals surface area (Å²) in [5.41, 5.74) is 2.07. The number of thioether (sulfide) groups is 1. The Bertz CT molecular complexity index is 612. The molecule has 5 heteroatoms. The van der Waals surface area contributed by atoms with E-state index < -0.39 is 0 Å². The molecule has 2 heterocycles. The summed E-state index contributed by atoms with van der Waals surface area (Å²) in [5, 5.41) is 14.4. The van der Waals surface area contributed by atoms with Crippen molar-refractivity contribution >= 4 is 29.0 Å². The molecule has 1 aliphatic rings. The normalized spacial score (nSPS) is 18.8. The monoisotopic (exact) mass is 319 g/mol. The highest BCUT2D eigenvalue weighted by molar-refractivity contribution is 8.00. The van der Waals surface area contributed by atoms with Crippen LogP contribution in [0.4, 0.5) is 0 Å². The first-order valence-electron chi connectivity index (χ1n) is 6.93. The number of aryl methyl sites for hydroxylation is 1. The van der Waals surface area contributed by atoms with E-state index in [-0.39, 0.29) is 23.8 Å². The van der Waals surface area contributed by atoms with Gasteiger partial charge in [0.2, 0.25) is 5.91 Å². The number of hydrogen-bond donors (Lipinski definition) is 2. The van der Waals surface area contributed by atoms with Gasteiger partial charge in [-0.25, -0.2) is 0 Å². The molecule has 1 aromatic carbocycles. The zero-order chi connectivity index (χ0) is 14.7. The van der Waals surface area contributed by atoms with Crippen molar-refractivity contribution < 1.29 is 9.90 Å². The van der Waals surface area contributed by atoms with Gasteiger partial charge in [0.05, 0.1) is 12.6 Å². The summed E-state index contributed by atoms with van der Waals surface area (Å²) in [6.07, 6.45) is 1.05. The fourth-order valence-electron chi connectivity index (χ4n) is 2.53. The van der Waals surface area contributed by atoms with Crippen LogP contribution >= 0.6 is 23.1 Å². The Morgan fingerprint density at radius 1 is 1.33 bits per heavy atom. The maximum Gasteiger partial charge on any atom is 0.238 e. The predicted octanol–water partition coefficient (Wildman–Crippen LogP) is 2.93. The van der Waals surface area contributed by atoms with Crippen molar-refractivity contribution in [3.05, 3.63) is 57.8 Å². The van der Waals surface area contributed by atoms with Crippen molar-refractivity contribution in [1.82, 2.24) is 5.32 Å². The number of rotatable bonds is 4. The molecule has 1 amide bonds. The molecule has 0 aliphatic carbocycles. The van der Waals surface area contributed by atoms with Gasteiger partial charge in [-0.3, -0.25) is 4.79 Å². The first kappa shape index (κ1) is 14.6. The van der Waals surface area contributed by atoms with E-state index in [1.165, 1.54) is 4.88 Å². The van der Waals surface area contributed by atoms with Gasteiger partial charge in [-0.1, -0.05) is 30.3 Å². The van der Waals surface area contributed by atoms with E-state index in [4.69, 9.17) is 0 Å². The van der Waals surface area contributed by atoms with Crippen molar-refractivity contribution in [3.63, 3.8) is 0 Å². The fourth-order valence-corrected chi connectivity index (χ4v) is 4.83. The lowest BCUT2D eigenvalue weighted by atomic mass is 10.1. The van der Waals surface area contributed by atoms with Gasteiger partial charge in [-0.15, -0.1) is 23.1 Å². The largest absolute Gasteiger partial charge is 0.394 e. The second kappa shape index (κ2) is 6.64. The molecule has 3 rings (SSSR count). The van der Waals surface area contributed by atoms with Crippen molar-refractivity contribution in [2.75, 3.05) is 12.4 Å². The van der Waals surface area contributed by atoms with Gasteiger partial charge in [0.1, 0.15) is 5.25 Å². The van der Waals surface area contributed by atoms with Gasteiger partial charge in [-0.05, 0) is 34.7 Å². The summed E-state index contributed by atoms with van der Waals surface area (Å²) in [6.45, 7) is -0.0936. The Morgan fingerprint density at radius 2 is 2.14 bits per heavy atom. The Morgan fingerprint density at radius 3 is 2.90 bits per heavy atom. The summed E-state index contributed by atoms with van der Waals surface area (Å²) >= 11 is 3.40. The van der Waals surface area contributed by atoms with E-state index in [0.717, 1.165) is 23.3 Å². The molecule has 0 spiro atoms. The quantitative estimate of drug-likeness (QED) is 0.911. The minimum Gasteiger partial charge on any atom is -0.394 e. The van der Waals surface area contributed by atoms with E-state index in [9.17, 15) is 9.90 Å². The molecule has 1 aliphatic heterocycles. The Kier molecular flexibility index (Phi) is 4.63. The third kappa shape index (κ3) is 3.15. The van der Waals surface area contributed by atoms with E-state index in [1.807, 2.05) is 36.4 Å². The molecule has 2 aromatic rings. The van der Waals surface area contributed by atoms with Crippen LogP contribution in [0.5, 0.6) is 0 Å². The summed E-state index contributed by atoms with van der Waals surface area (Å²) in [5.74, 6) is 0.961. The molecule has 0 saturated heterocycles. The zero-order valence-corrected chi connectivity index (χ0v) is 13.1. The highest BCUT2D eigenvalue weighted by atomic mass is 32.2. The number of benzene rings is 1. The van der Waals surface area contributed by atoms with Crippen molar-refractivity contribution in [2.45, 2.75) is 17.7 Å². The number of fused-ring (bicyclic) bond motifs is 1. The average molecular weight is 319 g/mol. The number of amides is 1. The number of carbonyl (C=O) groups is 1. The lowest BCUT2D eigenvalue weighted by molar-refractivity contribution is -0.121. The lowest BCUT2D eigenvalue weighted by Crippen LogP contribution is -2.34.